The normalized spacial score (nSPS) is 17.4. The highest BCUT2D eigenvalue weighted by Gasteiger charge is 2.27. The third kappa shape index (κ3) is 4.42. The Morgan fingerprint density at radius 1 is 1.27 bits per heavy atom. The largest absolute Gasteiger partial charge is 0.384 e. The summed E-state index contributed by atoms with van der Waals surface area (Å²) in [5, 5.41) is 3.44. The van der Waals surface area contributed by atoms with Crippen LogP contribution in [0.1, 0.15) is 31.5 Å². The topological polar surface area (TPSA) is 79.8 Å². The summed E-state index contributed by atoms with van der Waals surface area (Å²) in [4.78, 5) is 26.0. The minimum Gasteiger partial charge on any atom is -0.384 e. The van der Waals surface area contributed by atoms with Crippen molar-refractivity contribution in [2.24, 2.45) is 0 Å². The molecule has 3 rings (SSSR count). The molecule has 0 saturated carbocycles. The maximum atomic E-state index is 12.4. The molecule has 0 unspecified atom stereocenters. The second-order valence-corrected chi connectivity index (χ2v) is 7.00. The highest BCUT2D eigenvalue weighted by atomic mass is 16.5. The van der Waals surface area contributed by atoms with Gasteiger partial charge in [0, 0.05) is 44.8 Å². The molecule has 8 nitrogen and oxygen atoms in total. The predicted octanol–water partition coefficient (Wildman–Crippen LogP) is 1.05. The first-order chi connectivity index (χ1) is 12.6. The lowest BCUT2D eigenvalue weighted by Gasteiger charge is -2.32. The molecule has 3 heterocycles. The predicted molar refractivity (Wildman–Crippen MR) is 99.4 cm³/mol. The SMILES string of the molecule is COCCC(=O)N1CCc2nc(N3CCOCC3)nc(NC(C)C)c2C1. The van der Waals surface area contributed by atoms with Crippen LogP contribution in [-0.2, 0) is 27.2 Å². The molecule has 144 valence electrons. The smallest absolute Gasteiger partial charge is 0.227 e. The Morgan fingerprint density at radius 3 is 2.73 bits per heavy atom. The molecule has 0 spiro atoms. The fourth-order valence-corrected chi connectivity index (χ4v) is 3.26. The number of aromatic nitrogens is 2. The van der Waals surface area contributed by atoms with Crippen LogP contribution in [-0.4, -0.2) is 73.4 Å². The van der Waals surface area contributed by atoms with Gasteiger partial charge in [-0.15, -0.1) is 0 Å². The molecule has 0 aromatic carbocycles. The van der Waals surface area contributed by atoms with E-state index in [2.05, 4.69) is 24.1 Å². The molecule has 0 aliphatic carbocycles. The van der Waals surface area contributed by atoms with E-state index in [9.17, 15) is 4.79 Å². The average Bonchev–Trinajstić information content (AvgIpc) is 2.66. The number of ether oxygens (including phenoxy) is 2. The maximum Gasteiger partial charge on any atom is 0.227 e. The molecule has 0 radical (unpaired) electrons. The zero-order valence-corrected chi connectivity index (χ0v) is 16.0. The Morgan fingerprint density at radius 2 is 2.04 bits per heavy atom. The average molecular weight is 363 g/mol. The Hall–Kier alpha value is -1.93. The molecule has 1 amide bonds. The van der Waals surface area contributed by atoms with Gasteiger partial charge >= 0.3 is 0 Å². The van der Waals surface area contributed by atoms with Gasteiger partial charge in [-0.1, -0.05) is 0 Å². The van der Waals surface area contributed by atoms with Gasteiger partial charge in [-0.25, -0.2) is 4.98 Å². The number of carbonyl (C=O) groups is 1. The number of hydrogen-bond donors (Lipinski definition) is 1. The number of carbonyl (C=O) groups excluding carboxylic acids is 1. The first kappa shape index (κ1) is 18.8. The fraction of sp³-hybridized carbons (Fsp3) is 0.722. The van der Waals surface area contributed by atoms with Crippen LogP contribution in [0.4, 0.5) is 11.8 Å². The van der Waals surface area contributed by atoms with Gasteiger partial charge in [0.2, 0.25) is 11.9 Å². The van der Waals surface area contributed by atoms with E-state index in [0.717, 1.165) is 42.5 Å². The number of methoxy groups -OCH3 is 1. The van der Waals surface area contributed by atoms with Crippen molar-refractivity contribution in [2.45, 2.75) is 39.3 Å². The molecule has 1 saturated heterocycles. The standard InChI is InChI=1S/C18H29N5O3/c1-13(2)19-17-14-12-23(16(24)5-9-25-3)6-4-15(14)20-18(21-17)22-7-10-26-11-8-22/h13H,4-12H2,1-3H3,(H,19,20,21). The summed E-state index contributed by atoms with van der Waals surface area (Å²) in [5.74, 6) is 1.72. The third-order valence-corrected chi connectivity index (χ3v) is 4.64. The number of anilines is 2. The highest BCUT2D eigenvalue weighted by Crippen LogP contribution is 2.27. The molecule has 1 N–H and O–H groups in total. The van der Waals surface area contributed by atoms with Gasteiger partial charge in [-0.05, 0) is 13.8 Å². The van der Waals surface area contributed by atoms with E-state index in [-0.39, 0.29) is 11.9 Å². The molecule has 2 aliphatic heterocycles. The quantitative estimate of drug-likeness (QED) is 0.809. The van der Waals surface area contributed by atoms with Crippen LogP contribution in [0.15, 0.2) is 0 Å². The molecule has 1 aromatic heterocycles. The molecule has 0 bridgehead atoms. The second kappa shape index (κ2) is 8.64. The Balaban J connectivity index is 1.84. The van der Waals surface area contributed by atoms with E-state index < -0.39 is 0 Å². The number of nitrogens with zero attached hydrogens (tertiary/aromatic N) is 4. The molecule has 26 heavy (non-hydrogen) atoms. The molecule has 2 aliphatic rings. The summed E-state index contributed by atoms with van der Waals surface area (Å²) in [6.45, 7) is 8.90. The Labute approximate surface area is 154 Å². The molecule has 1 aromatic rings. The number of rotatable bonds is 6. The van der Waals surface area contributed by atoms with E-state index in [1.165, 1.54) is 0 Å². The van der Waals surface area contributed by atoms with Gasteiger partial charge in [0.25, 0.3) is 0 Å². The van der Waals surface area contributed by atoms with E-state index in [1.54, 1.807) is 7.11 Å². The molecular formula is C18H29N5O3. The zero-order chi connectivity index (χ0) is 18.5. The van der Waals surface area contributed by atoms with Crippen molar-refractivity contribution >= 4 is 17.7 Å². The number of morpholine rings is 1. The van der Waals surface area contributed by atoms with Crippen molar-refractivity contribution in [1.82, 2.24) is 14.9 Å². The van der Waals surface area contributed by atoms with Gasteiger partial charge in [0.05, 0.1) is 38.5 Å². The van der Waals surface area contributed by atoms with Crippen LogP contribution >= 0.6 is 0 Å². The van der Waals surface area contributed by atoms with Gasteiger partial charge in [0.15, 0.2) is 0 Å². The first-order valence-corrected chi connectivity index (χ1v) is 9.34. The second-order valence-electron chi connectivity index (χ2n) is 7.00. The van der Waals surface area contributed by atoms with Crippen molar-refractivity contribution in [3.05, 3.63) is 11.3 Å². The number of amides is 1. The van der Waals surface area contributed by atoms with E-state index >= 15 is 0 Å². The van der Waals surface area contributed by atoms with Crippen molar-refractivity contribution in [3.8, 4) is 0 Å². The first-order valence-electron chi connectivity index (χ1n) is 9.34. The van der Waals surface area contributed by atoms with Gasteiger partial charge in [-0.3, -0.25) is 4.79 Å². The minimum absolute atomic E-state index is 0.116. The fourth-order valence-electron chi connectivity index (χ4n) is 3.26. The zero-order valence-electron chi connectivity index (χ0n) is 16.0. The highest BCUT2D eigenvalue weighted by molar-refractivity contribution is 5.77. The lowest BCUT2D eigenvalue weighted by Crippen LogP contribution is -2.40. The molecule has 1 fully saturated rings. The Kier molecular flexibility index (Phi) is 6.26. The summed E-state index contributed by atoms with van der Waals surface area (Å²) in [5.41, 5.74) is 2.08. The minimum atomic E-state index is 0.116. The van der Waals surface area contributed by atoms with Crippen LogP contribution in [0.5, 0.6) is 0 Å². The summed E-state index contributed by atoms with van der Waals surface area (Å²) in [7, 11) is 1.62. The number of hydrogen-bond acceptors (Lipinski definition) is 7. The van der Waals surface area contributed by atoms with Crippen LogP contribution < -0.4 is 10.2 Å². The van der Waals surface area contributed by atoms with Gasteiger partial charge in [0.1, 0.15) is 5.82 Å². The molecule has 8 heteroatoms. The van der Waals surface area contributed by atoms with Crippen LogP contribution in [0.3, 0.4) is 0 Å². The number of fused-ring (bicyclic) bond motifs is 1. The number of nitrogens with one attached hydrogen (secondary N) is 1. The van der Waals surface area contributed by atoms with Crippen molar-refractivity contribution in [1.29, 1.82) is 0 Å². The van der Waals surface area contributed by atoms with Crippen molar-refractivity contribution in [3.63, 3.8) is 0 Å². The summed E-state index contributed by atoms with van der Waals surface area (Å²) in [6.07, 6.45) is 1.16. The van der Waals surface area contributed by atoms with E-state index in [0.29, 0.717) is 39.3 Å². The van der Waals surface area contributed by atoms with Crippen LogP contribution in [0, 0.1) is 0 Å². The van der Waals surface area contributed by atoms with Gasteiger partial charge in [-0.2, -0.15) is 4.98 Å². The van der Waals surface area contributed by atoms with Crippen LogP contribution in [0.2, 0.25) is 0 Å². The maximum absolute atomic E-state index is 12.4. The lowest BCUT2D eigenvalue weighted by molar-refractivity contribution is -0.133. The van der Waals surface area contributed by atoms with Crippen LogP contribution in [0.25, 0.3) is 0 Å². The van der Waals surface area contributed by atoms with E-state index in [4.69, 9.17) is 19.4 Å². The molecule has 0 atom stereocenters. The summed E-state index contributed by atoms with van der Waals surface area (Å²) < 4.78 is 10.5. The Bertz CT molecular complexity index is 631. The van der Waals surface area contributed by atoms with Gasteiger partial charge < -0.3 is 24.6 Å². The monoisotopic (exact) mass is 363 g/mol. The third-order valence-electron chi connectivity index (χ3n) is 4.64. The van der Waals surface area contributed by atoms with E-state index in [1.807, 2.05) is 4.90 Å². The lowest BCUT2D eigenvalue weighted by atomic mass is 10.1. The van der Waals surface area contributed by atoms with Crippen molar-refractivity contribution in [2.75, 3.05) is 56.8 Å². The van der Waals surface area contributed by atoms with Crippen molar-refractivity contribution < 1.29 is 14.3 Å². The summed E-state index contributed by atoms with van der Waals surface area (Å²) in [6, 6.07) is 0.256. The molecular weight excluding hydrogens is 334 g/mol. The summed E-state index contributed by atoms with van der Waals surface area (Å²) >= 11 is 0.